The molecule has 0 bridgehead atoms. The van der Waals surface area contributed by atoms with Gasteiger partial charge >= 0.3 is 0 Å². The maximum atomic E-state index is 11.4. The second kappa shape index (κ2) is 9.82. The second-order valence-corrected chi connectivity index (χ2v) is 4.37. The van der Waals surface area contributed by atoms with Gasteiger partial charge in [0, 0.05) is 13.1 Å². The molecule has 0 atom stereocenters. The topological polar surface area (TPSA) is 74.2 Å². The molecule has 0 aliphatic carbocycles. The Bertz CT molecular complexity index is 455. The molecule has 5 heteroatoms. The molecule has 2 N–H and O–H groups in total. The summed E-state index contributed by atoms with van der Waals surface area (Å²) in [7, 11) is 0. The monoisotopic (exact) mass is 275 g/mol. The van der Waals surface area contributed by atoms with Gasteiger partial charge in [-0.2, -0.15) is 5.26 Å². The SMILES string of the molecule is CCCNCc1cccc(OCC(=O)NCCC#N)c1. The number of nitrogens with one attached hydrogen (secondary N) is 2. The molecule has 1 aromatic carbocycles. The zero-order chi connectivity index (χ0) is 14.6. The number of carbonyl (C=O) groups excluding carboxylic acids is 1. The number of nitriles is 1. The summed E-state index contributed by atoms with van der Waals surface area (Å²) in [4.78, 5) is 11.4. The Morgan fingerprint density at radius 2 is 2.25 bits per heavy atom. The molecule has 1 rings (SSSR count). The van der Waals surface area contributed by atoms with Gasteiger partial charge in [0.2, 0.25) is 0 Å². The predicted octanol–water partition coefficient (Wildman–Crippen LogP) is 1.59. The van der Waals surface area contributed by atoms with Gasteiger partial charge in [-0.25, -0.2) is 0 Å². The van der Waals surface area contributed by atoms with Crippen LogP contribution >= 0.6 is 0 Å². The van der Waals surface area contributed by atoms with Crippen LogP contribution in [-0.4, -0.2) is 25.6 Å². The van der Waals surface area contributed by atoms with Gasteiger partial charge in [0.25, 0.3) is 5.91 Å². The van der Waals surface area contributed by atoms with E-state index in [4.69, 9.17) is 10.00 Å². The van der Waals surface area contributed by atoms with E-state index >= 15 is 0 Å². The standard InChI is InChI=1S/C15H21N3O2/c1-2-8-17-11-13-5-3-6-14(10-13)20-12-15(19)18-9-4-7-16/h3,5-6,10,17H,2,4,8-9,11-12H2,1H3,(H,18,19). The lowest BCUT2D eigenvalue weighted by molar-refractivity contribution is -0.123. The highest BCUT2D eigenvalue weighted by molar-refractivity contribution is 5.77. The largest absolute Gasteiger partial charge is 0.484 e. The molecule has 0 unspecified atom stereocenters. The van der Waals surface area contributed by atoms with E-state index in [1.807, 2.05) is 30.3 Å². The number of ether oxygens (including phenoxy) is 1. The van der Waals surface area contributed by atoms with Gasteiger partial charge < -0.3 is 15.4 Å². The lowest BCUT2D eigenvalue weighted by Gasteiger charge is -2.08. The van der Waals surface area contributed by atoms with E-state index in [0.29, 0.717) is 18.7 Å². The maximum Gasteiger partial charge on any atom is 0.257 e. The van der Waals surface area contributed by atoms with E-state index in [1.54, 1.807) is 0 Å². The van der Waals surface area contributed by atoms with Crippen molar-refractivity contribution in [1.29, 1.82) is 5.26 Å². The minimum absolute atomic E-state index is 0.0305. The Morgan fingerprint density at radius 3 is 3.00 bits per heavy atom. The third-order valence-corrected chi connectivity index (χ3v) is 2.58. The van der Waals surface area contributed by atoms with Crippen molar-refractivity contribution in [2.45, 2.75) is 26.3 Å². The van der Waals surface area contributed by atoms with Crippen molar-refractivity contribution in [2.75, 3.05) is 19.7 Å². The lowest BCUT2D eigenvalue weighted by Crippen LogP contribution is -2.29. The van der Waals surface area contributed by atoms with E-state index in [0.717, 1.165) is 25.1 Å². The van der Waals surface area contributed by atoms with Crippen LogP contribution in [0.4, 0.5) is 0 Å². The Balaban J connectivity index is 2.34. The summed E-state index contributed by atoms with van der Waals surface area (Å²) < 4.78 is 5.42. The summed E-state index contributed by atoms with van der Waals surface area (Å²) >= 11 is 0. The van der Waals surface area contributed by atoms with E-state index in [-0.39, 0.29) is 12.5 Å². The molecule has 5 nitrogen and oxygen atoms in total. The van der Waals surface area contributed by atoms with E-state index in [1.165, 1.54) is 0 Å². The van der Waals surface area contributed by atoms with E-state index in [2.05, 4.69) is 17.6 Å². The highest BCUT2D eigenvalue weighted by Gasteiger charge is 2.02. The van der Waals surface area contributed by atoms with Crippen LogP contribution in [0, 0.1) is 11.3 Å². The molecular weight excluding hydrogens is 254 g/mol. The summed E-state index contributed by atoms with van der Waals surface area (Å²) in [5.41, 5.74) is 1.13. The summed E-state index contributed by atoms with van der Waals surface area (Å²) in [6.07, 6.45) is 1.41. The Morgan fingerprint density at radius 1 is 1.40 bits per heavy atom. The lowest BCUT2D eigenvalue weighted by atomic mass is 10.2. The third kappa shape index (κ3) is 6.76. The third-order valence-electron chi connectivity index (χ3n) is 2.58. The average Bonchev–Trinajstić information content (AvgIpc) is 2.46. The smallest absolute Gasteiger partial charge is 0.257 e. The number of nitrogens with zero attached hydrogens (tertiary/aromatic N) is 1. The molecule has 0 radical (unpaired) electrons. The predicted molar refractivity (Wildman–Crippen MR) is 77.2 cm³/mol. The van der Waals surface area contributed by atoms with Gasteiger partial charge in [0.1, 0.15) is 5.75 Å². The number of amides is 1. The highest BCUT2D eigenvalue weighted by Crippen LogP contribution is 2.13. The first-order chi connectivity index (χ1) is 9.76. The zero-order valence-corrected chi connectivity index (χ0v) is 11.8. The second-order valence-electron chi connectivity index (χ2n) is 4.37. The number of rotatable bonds is 9. The first-order valence-electron chi connectivity index (χ1n) is 6.82. The van der Waals surface area contributed by atoms with Crippen LogP contribution in [0.1, 0.15) is 25.3 Å². The van der Waals surface area contributed by atoms with Crippen LogP contribution in [0.3, 0.4) is 0 Å². The van der Waals surface area contributed by atoms with Gasteiger partial charge in [-0.1, -0.05) is 19.1 Å². The summed E-state index contributed by atoms with van der Waals surface area (Å²) in [6.45, 7) is 4.22. The summed E-state index contributed by atoms with van der Waals surface area (Å²) in [5, 5.41) is 14.3. The zero-order valence-electron chi connectivity index (χ0n) is 11.8. The van der Waals surface area contributed by atoms with Gasteiger partial charge in [-0.05, 0) is 30.7 Å². The fourth-order valence-corrected chi connectivity index (χ4v) is 1.61. The van der Waals surface area contributed by atoms with Gasteiger partial charge in [0.05, 0.1) is 12.5 Å². The van der Waals surface area contributed by atoms with Crippen LogP contribution in [0.25, 0.3) is 0 Å². The first-order valence-corrected chi connectivity index (χ1v) is 6.82. The number of hydrogen-bond donors (Lipinski definition) is 2. The molecule has 1 amide bonds. The van der Waals surface area contributed by atoms with Crippen LogP contribution < -0.4 is 15.4 Å². The van der Waals surface area contributed by atoms with Gasteiger partial charge in [-0.15, -0.1) is 0 Å². The molecule has 108 valence electrons. The van der Waals surface area contributed by atoms with Crippen LogP contribution in [0.15, 0.2) is 24.3 Å². The van der Waals surface area contributed by atoms with E-state index in [9.17, 15) is 4.79 Å². The quantitative estimate of drug-likeness (QED) is 0.671. The van der Waals surface area contributed by atoms with Crippen LogP contribution in [0.2, 0.25) is 0 Å². The fraction of sp³-hybridized carbons (Fsp3) is 0.467. The molecule has 0 aliphatic heterocycles. The molecule has 0 aliphatic rings. The molecule has 0 saturated heterocycles. The average molecular weight is 275 g/mol. The van der Waals surface area contributed by atoms with Gasteiger partial charge in [0.15, 0.2) is 6.61 Å². The first kappa shape index (κ1) is 16.0. The molecule has 20 heavy (non-hydrogen) atoms. The highest BCUT2D eigenvalue weighted by atomic mass is 16.5. The van der Waals surface area contributed by atoms with Crippen molar-refractivity contribution in [3.8, 4) is 11.8 Å². The fourth-order valence-electron chi connectivity index (χ4n) is 1.61. The van der Waals surface area contributed by atoms with E-state index < -0.39 is 0 Å². The molecular formula is C15H21N3O2. The number of benzene rings is 1. The Hall–Kier alpha value is -2.06. The summed E-state index contributed by atoms with van der Waals surface area (Å²) in [5.74, 6) is 0.464. The van der Waals surface area contributed by atoms with Crippen molar-refractivity contribution in [1.82, 2.24) is 10.6 Å². The molecule has 0 saturated carbocycles. The molecule has 1 aromatic rings. The maximum absolute atomic E-state index is 11.4. The molecule has 0 heterocycles. The van der Waals surface area contributed by atoms with Crippen LogP contribution in [0.5, 0.6) is 5.75 Å². The van der Waals surface area contributed by atoms with Crippen LogP contribution in [-0.2, 0) is 11.3 Å². The van der Waals surface area contributed by atoms with Crippen molar-refractivity contribution in [3.63, 3.8) is 0 Å². The van der Waals surface area contributed by atoms with Gasteiger partial charge in [-0.3, -0.25) is 4.79 Å². The molecule has 0 spiro atoms. The molecule has 0 fully saturated rings. The number of hydrogen-bond acceptors (Lipinski definition) is 4. The molecule has 0 aromatic heterocycles. The minimum atomic E-state index is -0.213. The van der Waals surface area contributed by atoms with Crippen molar-refractivity contribution in [3.05, 3.63) is 29.8 Å². The van der Waals surface area contributed by atoms with Crippen molar-refractivity contribution in [2.24, 2.45) is 0 Å². The minimum Gasteiger partial charge on any atom is -0.484 e. The number of carbonyl (C=O) groups is 1. The van der Waals surface area contributed by atoms with Crippen molar-refractivity contribution >= 4 is 5.91 Å². The Labute approximate surface area is 119 Å². The van der Waals surface area contributed by atoms with Crippen molar-refractivity contribution < 1.29 is 9.53 Å². The Kier molecular flexibility index (Phi) is 7.85. The normalized spacial score (nSPS) is 9.80. The summed E-state index contributed by atoms with van der Waals surface area (Å²) in [6, 6.07) is 9.64.